The Labute approximate surface area is 202 Å². The van der Waals surface area contributed by atoms with E-state index in [1.165, 1.54) is 45.4 Å². The third-order valence-electron chi connectivity index (χ3n) is 10.4. The largest absolute Gasteiger partial charge is 0.456 e. The van der Waals surface area contributed by atoms with Crippen LogP contribution in [0.3, 0.4) is 0 Å². The molecule has 1 N–H and O–H groups in total. The van der Waals surface area contributed by atoms with Crippen molar-refractivity contribution in [1.82, 2.24) is 5.32 Å². The lowest BCUT2D eigenvalue weighted by Gasteiger charge is -2.60. The maximum absolute atomic E-state index is 12.3. The summed E-state index contributed by atoms with van der Waals surface area (Å²) in [6.45, 7) is 10.3. The summed E-state index contributed by atoms with van der Waals surface area (Å²) in [5.41, 5.74) is 1.31. The van der Waals surface area contributed by atoms with Crippen LogP contribution in [0.25, 0.3) is 0 Å². The molecule has 180 valence electrons. The van der Waals surface area contributed by atoms with Gasteiger partial charge in [-0.3, -0.25) is 9.59 Å². The molecule has 4 nitrogen and oxygen atoms in total. The summed E-state index contributed by atoms with van der Waals surface area (Å²) >= 11 is 3.64. The van der Waals surface area contributed by atoms with Crippen molar-refractivity contribution < 1.29 is 14.3 Å². The van der Waals surface area contributed by atoms with Gasteiger partial charge in [0.2, 0.25) is 5.91 Å². The Kier molecular flexibility index (Phi) is 6.64. The first-order valence-corrected chi connectivity index (χ1v) is 14.0. The number of allylic oxidation sites excluding steroid dienone is 2. The monoisotopic (exact) mass is 507 g/mol. The zero-order valence-electron chi connectivity index (χ0n) is 20.6. The van der Waals surface area contributed by atoms with Gasteiger partial charge in [-0.25, -0.2) is 0 Å². The van der Waals surface area contributed by atoms with Crippen LogP contribution in [0, 0.1) is 34.5 Å². The maximum Gasteiger partial charge on any atom is 0.303 e. The van der Waals surface area contributed by atoms with E-state index in [0.717, 1.165) is 31.1 Å². The molecule has 8 atom stereocenters. The Balaban J connectivity index is 1.69. The molecule has 0 heterocycles. The molecule has 0 aliphatic heterocycles. The SMILES string of the molecule is CCC1CC[C@@]2(C)C(=CC[C@@H]3[C@@H]2CC[C@@]2(C)[C@H]3CC[C@]2(OC(C)=O)C(CBr)NC(C)=O)C1. The van der Waals surface area contributed by atoms with E-state index in [1.807, 2.05) is 0 Å². The topological polar surface area (TPSA) is 55.4 Å². The van der Waals surface area contributed by atoms with E-state index < -0.39 is 5.60 Å². The van der Waals surface area contributed by atoms with Gasteiger partial charge in [-0.05, 0) is 80.5 Å². The van der Waals surface area contributed by atoms with Crippen molar-refractivity contribution in [3.05, 3.63) is 11.6 Å². The van der Waals surface area contributed by atoms with Gasteiger partial charge in [0.25, 0.3) is 0 Å². The van der Waals surface area contributed by atoms with Crippen molar-refractivity contribution in [3.8, 4) is 0 Å². The third kappa shape index (κ3) is 3.60. The lowest BCUT2D eigenvalue weighted by molar-refractivity contribution is -0.188. The van der Waals surface area contributed by atoms with E-state index in [4.69, 9.17) is 4.74 Å². The predicted octanol–water partition coefficient (Wildman–Crippen LogP) is 6.18. The summed E-state index contributed by atoms with van der Waals surface area (Å²) in [5, 5.41) is 3.73. The number of fused-ring (bicyclic) bond motifs is 5. The first-order valence-electron chi connectivity index (χ1n) is 12.8. The van der Waals surface area contributed by atoms with E-state index in [1.54, 1.807) is 12.5 Å². The second kappa shape index (κ2) is 8.74. The van der Waals surface area contributed by atoms with Crippen molar-refractivity contribution >= 4 is 27.8 Å². The number of nitrogens with one attached hydrogen (secondary N) is 1. The highest BCUT2D eigenvalue weighted by Gasteiger charge is 2.67. The second-order valence-electron chi connectivity index (χ2n) is 11.7. The number of carbonyl (C=O) groups is 2. The molecule has 0 saturated heterocycles. The molecule has 0 aromatic rings. The van der Waals surface area contributed by atoms with Crippen LogP contribution in [0.15, 0.2) is 11.6 Å². The molecular weight excluding hydrogens is 466 g/mol. The van der Waals surface area contributed by atoms with E-state index in [0.29, 0.717) is 22.6 Å². The van der Waals surface area contributed by atoms with Crippen LogP contribution in [-0.4, -0.2) is 28.8 Å². The van der Waals surface area contributed by atoms with E-state index in [2.05, 4.69) is 48.1 Å². The van der Waals surface area contributed by atoms with Crippen LogP contribution in [0.5, 0.6) is 0 Å². The van der Waals surface area contributed by atoms with Gasteiger partial charge < -0.3 is 10.1 Å². The quantitative estimate of drug-likeness (QED) is 0.274. The van der Waals surface area contributed by atoms with Gasteiger partial charge in [0.1, 0.15) is 5.60 Å². The Morgan fingerprint density at radius 3 is 2.50 bits per heavy atom. The zero-order valence-corrected chi connectivity index (χ0v) is 22.2. The normalized spacial score (nSPS) is 43.9. The molecule has 2 unspecified atom stereocenters. The Morgan fingerprint density at radius 1 is 1.16 bits per heavy atom. The van der Waals surface area contributed by atoms with Gasteiger partial charge in [-0.2, -0.15) is 0 Å². The minimum absolute atomic E-state index is 0.0628. The number of halogens is 1. The van der Waals surface area contributed by atoms with E-state index in [9.17, 15) is 9.59 Å². The van der Waals surface area contributed by atoms with Crippen molar-refractivity contribution in [3.63, 3.8) is 0 Å². The van der Waals surface area contributed by atoms with E-state index >= 15 is 0 Å². The van der Waals surface area contributed by atoms with Crippen LogP contribution in [-0.2, 0) is 14.3 Å². The standard InChI is InChI=1S/C27H42BrNO3/c1-6-19-9-12-25(4)20(15-19)7-8-21-22(25)10-13-26(5)23(21)11-14-27(26,32-18(3)31)24(16-28)29-17(2)30/h7,19,21-24H,6,8-16H2,1-5H3,(H,29,30)/t19?,21-,22+,23+,24?,25+,26+,27+/m1/s1. The molecule has 0 spiro atoms. The third-order valence-corrected chi connectivity index (χ3v) is 11.0. The average molecular weight is 509 g/mol. The lowest BCUT2D eigenvalue weighted by atomic mass is 9.46. The molecule has 4 aliphatic rings. The number of alkyl halides is 1. The average Bonchev–Trinajstić information content (AvgIpc) is 3.03. The molecule has 0 aromatic heterocycles. The summed E-state index contributed by atoms with van der Waals surface area (Å²) in [6, 6.07) is -0.208. The van der Waals surface area contributed by atoms with Gasteiger partial charge in [0.05, 0.1) is 6.04 Å². The first-order chi connectivity index (χ1) is 15.1. The fraction of sp³-hybridized carbons (Fsp3) is 0.852. The molecule has 3 fully saturated rings. The molecule has 5 heteroatoms. The molecule has 4 aliphatic carbocycles. The summed E-state index contributed by atoms with van der Waals surface area (Å²) in [4.78, 5) is 24.4. The zero-order chi connectivity index (χ0) is 23.3. The van der Waals surface area contributed by atoms with Gasteiger partial charge in [0.15, 0.2) is 0 Å². The van der Waals surface area contributed by atoms with Crippen LogP contribution in [0.4, 0.5) is 0 Å². The van der Waals surface area contributed by atoms with Crippen molar-refractivity contribution in [2.24, 2.45) is 34.5 Å². The summed E-state index contributed by atoms with van der Waals surface area (Å²) in [6.07, 6.45) is 13.2. The molecule has 3 saturated carbocycles. The number of hydrogen-bond acceptors (Lipinski definition) is 3. The number of rotatable bonds is 5. The molecule has 0 radical (unpaired) electrons. The molecule has 1 amide bonds. The highest BCUT2D eigenvalue weighted by molar-refractivity contribution is 9.09. The van der Waals surface area contributed by atoms with Crippen LogP contribution in [0.2, 0.25) is 0 Å². The molecule has 4 rings (SSSR count). The van der Waals surface area contributed by atoms with Crippen LogP contribution in [0.1, 0.15) is 92.4 Å². The predicted molar refractivity (Wildman–Crippen MR) is 131 cm³/mol. The fourth-order valence-electron chi connectivity index (χ4n) is 8.71. The summed E-state index contributed by atoms with van der Waals surface area (Å²) < 4.78 is 6.27. The molecular formula is C27H42BrNO3. The van der Waals surface area contributed by atoms with E-state index in [-0.39, 0.29) is 23.3 Å². The fourth-order valence-corrected chi connectivity index (χ4v) is 9.40. The van der Waals surface area contributed by atoms with Gasteiger partial charge in [-0.1, -0.05) is 54.8 Å². The van der Waals surface area contributed by atoms with Gasteiger partial charge in [-0.15, -0.1) is 0 Å². The van der Waals surface area contributed by atoms with Crippen molar-refractivity contribution in [2.75, 3.05) is 5.33 Å². The Hall–Kier alpha value is -0.840. The number of amides is 1. The molecule has 0 bridgehead atoms. The first kappa shape index (κ1) is 24.3. The number of ether oxygens (including phenoxy) is 1. The Bertz CT molecular complexity index is 796. The number of esters is 1. The Morgan fingerprint density at radius 2 is 1.88 bits per heavy atom. The van der Waals surface area contributed by atoms with Gasteiger partial charge in [0, 0.05) is 24.6 Å². The van der Waals surface area contributed by atoms with Crippen molar-refractivity contribution in [2.45, 2.75) is 104 Å². The summed E-state index contributed by atoms with van der Waals surface area (Å²) in [7, 11) is 0. The minimum Gasteiger partial charge on any atom is -0.456 e. The van der Waals surface area contributed by atoms with Crippen LogP contribution >= 0.6 is 15.9 Å². The highest BCUT2D eigenvalue weighted by Crippen LogP contribution is 2.68. The molecule has 0 aromatic carbocycles. The number of carbonyl (C=O) groups excluding carboxylic acids is 2. The highest BCUT2D eigenvalue weighted by atomic mass is 79.9. The van der Waals surface area contributed by atoms with Gasteiger partial charge >= 0.3 is 5.97 Å². The van der Waals surface area contributed by atoms with Crippen molar-refractivity contribution in [1.29, 1.82) is 0 Å². The summed E-state index contributed by atoms with van der Waals surface area (Å²) in [5.74, 6) is 2.46. The smallest absolute Gasteiger partial charge is 0.303 e. The van der Waals surface area contributed by atoms with Crippen LogP contribution < -0.4 is 5.32 Å². The lowest BCUT2D eigenvalue weighted by Crippen LogP contribution is -2.64. The second-order valence-corrected chi connectivity index (χ2v) is 12.3. The number of hydrogen-bond donors (Lipinski definition) is 1. The minimum atomic E-state index is -0.644. The molecule has 32 heavy (non-hydrogen) atoms. The maximum atomic E-state index is 12.3.